The fourth-order valence-electron chi connectivity index (χ4n) is 3.64. The molecule has 0 radical (unpaired) electrons. The van der Waals surface area contributed by atoms with Gasteiger partial charge in [0.15, 0.2) is 0 Å². The minimum absolute atomic E-state index is 0.00714. The Labute approximate surface area is 178 Å². The van der Waals surface area contributed by atoms with Gasteiger partial charge in [-0.3, -0.25) is 9.59 Å². The molecule has 2 aromatic heterocycles. The van der Waals surface area contributed by atoms with E-state index in [1.54, 1.807) is 13.8 Å². The second-order valence-corrected chi connectivity index (χ2v) is 7.10. The van der Waals surface area contributed by atoms with Crippen molar-refractivity contribution in [2.45, 2.75) is 46.0 Å². The van der Waals surface area contributed by atoms with Crippen molar-refractivity contribution >= 4 is 23.9 Å². The number of carbonyl (C=O) groups excluding carboxylic acids is 2. The summed E-state index contributed by atoms with van der Waals surface area (Å²) in [6.45, 7) is 3.30. The minimum atomic E-state index is -1.14. The second-order valence-electron chi connectivity index (χ2n) is 7.10. The van der Waals surface area contributed by atoms with Gasteiger partial charge in [0.25, 0.3) is 0 Å². The Bertz CT molecular complexity index is 935. The number of aromatic amines is 2. The summed E-state index contributed by atoms with van der Waals surface area (Å²) in [6, 6.07) is 0. The fraction of sp³-hybridized carbons (Fsp3) is 0.429. The van der Waals surface area contributed by atoms with Crippen LogP contribution in [-0.2, 0) is 38.3 Å². The number of hydrogen-bond acceptors (Lipinski definition) is 6. The minimum Gasteiger partial charge on any atom is -0.477 e. The molecule has 0 atom stereocenters. The van der Waals surface area contributed by atoms with Crippen LogP contribution in [0.1, 0.15) is 67.5 Å². The quantitative estimate of drug-likeness (QED) is 0.414. The number of aromatic carboxylic acids is 2. The Morgan fingerprint density at radius 1 is 0.742 bits per heavy atom. The lowest BCUT2D eigenvalue weighted by Crippen LogP contribution is -2.06. The molecular formula is C21H26N2O8. The van der Waals surface area contributed by atoms with Crippen molar-refractivity contribution in [3.8, 4) is 0 Å². The van der Waals surface area contributed by atoms with Gasteiger partial charge in [-0.2, -0.15) is 0 Å². The van der Waals surface area contributed by atoms with Crippen molar-refractivity contribution in [2.24, 2.45) is 0 Å². The molecule has 2 heterocycles. The van der Waals surface area contributed by atoms with Gasteiger partial charge in [-0.15, -0.1) is 0 Å². The number of methoxy groups -OCH3 is 2. The van der Waals surface area contributed by atoms with Gasteiger partial charge in [0, 0.05) is 30.7 Å². The summed E-state index contributed by atoms with van der Waals surface area (Å²) in [5, 5.41) is 19.0. The Kier molecular flexibility index (Phi) is 7.62. The molecule has 0 amide bonds. The van der Waals surface area contributed by atoms with E-state index in [0.717, 1.165) is 0 Å². The summed E-state index contributed by atoms with van der Waals surface area (Å²) in [7, 11) is 2.55. The van der Waals surface area contributed by atoms with Crippen LogP contribution in [0.2, 0.25) is 0 Å². The zero-order valence-electron chi connectivity index (χ0n) is 17.9. The van der Waals surface area contributed by atoms with E-state index in [2.05, 4.69) is 19.4 Å². The molecule has 0 aliphatic carbocycles. The average Bonchev–Trinajstić information content (AvgIpc) is 3.21. The molecule has 0 aliphatic rings. The number of rotatable bonds is 10. The highest BCUT2D eigenvalue weighted by atomic mass is 16.5. The highest BCUT2D eigenvalue weighted by Crippen LogP contribution is 2.27. The van der Waals surface area contributed by atoms with E-state index in [9.17, 15) is 29.4 Å². The normalized spacial score (nSPS) is 10.7. The van der Waals surface area contributed by atoms with Crippen LogP contribution >= 0.6 is 0 Å². The van der Waals surface area contributed by atoms with Crippen LogP contribution in [0, 0.1) is 13.8 Å². The number of esters is 2. The van der Waals surface area contributed by atoms with Crippen molar-refractivity contribution in [1.29, 1.82) is 0 Å². The van der Waals surface area contributed by atoms with E-state index in [4.69, 9.17) is 0 Å². The first kappa shape index (κ1) is 23.7. The third kappa shape index (κ3) is 5.33. The lowest BCUT2D eigenvalue weighted by atomic mass is 9.98. The van der Waals surface area contributed by atoms with E-state index < -0.39 is 23.9 Å². The molecule has 10 heteroatoms. The maximum Gasteiger partial charge on any atom is 0.352 e. The number of carboxylic acids is 2. The summed E-state index contributed by atoms with van der Waals surface area (Å²) < 4.78 is 9.35. The van der Waals surface area contributed by atoms with Crippen molar-refractivity contribution < 1.29 is 38.9 Å². The molecule has 0 unspecified atom stereocenters. The number of hydrogen-bond donors (Lipinski definition) is 4. The summed E-state index contributed by atoms with van der Waals surface area (Å²) in [5.74, 6) is -3.12. The molecule has 31 heavy (non-hydrogen) atoms. The molecule has 0 aromatic carbocycles. The van der Waals surface area contributed by atoms with Crippen LogP contribution in [0.3, 0.4) is 0 Å². The van der Waals surface area contributed by atoms with Crippen LogP contribution in [0.5, 0.6) is 0 Å². The molecule has 2 rings (SSSR count). The molecule has 0 fully saturated rings. The van der Waals surface area contributed by atoms with Gasteiger partial charge >= 0.3 is 23.9 Å². The zero-order valence-corrected chi connectivity index (χ0v) is 17.9. The molecule has 0 saturated carbocycles. The maximum absolute atomic E-state index is 11.6. The highest BCUT2D eigenvalue weighted by molar-refractivity contribution is 5.89. The Morgan fingerprint density at radius 3 is 1.39 bits per heavy atom. The summed E-state index contributed by atoms with van der Waals surface area (Å²) in [6.07, 6.45) is 0.845. The third-order valence-electron chi connectivity index (χ3n) is 5.33. The molecule has 168 valence electrons. The Hall–Kier alpha value is -3.56. The number of carboxylic acid groups (broad SMARTS) is 2. The standard InChI is InChI=1S/C21H26N2O8/c1-10-12(5-7-16(24)30-3)14(22-18(10)20(26)27)9-15-13(6-8-17(25)31-4)11(2)19(23-15)21(28)29/h22-23H,5-9H2,1-4H3,(H,26,27)(H,28,29). The fourth-order valence-corrected chi connectivity index (χ4v) is 3.64. The van der Waals surface area contributed by atoms with Crippen molar-refractivity contribution in [2.75, 3.05) is 14.2 Å². The lowest BCUT2D eigenvalue weighted by Gasteiger charge is -2.08. The third-order valence-corrected chi connectivity index (χ3v) is 5.33. The highest BCUT2D eigenvalue weighted by Gasteiger charge is 2.24. The van der Waals surface area contributed by atoms with Crippen LogP contribution in [-0.4, -0.2) is 58.3 Å². The van der Waals surface area contributed by atoms with Crippen LogP contribution < -0.4 is 0 Å². The monoisotopic (exact) mass is 434 g/mol. The Morgan fingerprint density at radius 2 is 1.10 bits per heavy atom. The number of carbonyl (C=O) groups is 4. The topological polar surface area (TPSA) is 159 Å². The largest absolute Gasteiger partial charge is 0.477 e. The van der Waals surface area contributed by atoms with Gasteiger partial charge in [0.05, 0.1) is 14.2 Å². The first-order valence-electron chi connectivity index (χ1n) is 9.61. The predicted octanol–water partition coefficient (Wildman–Crippen LogP) is 2.16. The SMILES string of the molecule is COC(=O)CCc1c(Cc2[nH]c(C(=O)O)c(C)c2CCC(=O)OC)[nH]c(C(=O)O)c1C. The van der Waals surface area contributed by atoms with E-state index in [-0.39, 0.29) is 43.5 Å². The number of ether oxygens (including phenoxy) is 2. The van der Waals surface area contributed by atoms with E-state index in [1.165, 1.54) is 14.2 Å². The Balaban J connectivity index is 2.48. The number of H-pyrrole nitrogens is 2. The summed E-state index contributed by atoms with van der Waals surface area (Å²) >= 11 is 0. The first-order chi connectivity index (χ1) is 14.6. The lowest BCUT2D eigenvalue weighted by molar-refractivity contribution is -0.141. The second kappa shape index (κ2) is 9.96. The smallest absolute Gasteiger partial charge is 0.352 e. The number of nitrogens with one attached hydrogen (secondary N) is 2. The van der Waals surface area contributed by atoms with Gasteiger partial charge in [-0.1, -0.05) is 0 Å². The molecule has 0 aliphatic heterocycles. The molecular weight excluding hydrogens is 408 g/mol. The molecule has 2 aromatic rings. The van der Waals surface area contributed by atoms with Crippen molar-refractivity contribution in [3.05, 3.63) is 45.0 Å². The number of aromatic nitrogens is 2. The predicted molar refractivity (Wildman–Crippen MR) is 108 cm³/mol. The maximum atomic E-state index is 11.6. The zero-order chi connectivity index (χ0) is 23.3. The summed E-state index contributed by atoms with van der Waals surface area (Å²) in [5.41, 5.74) is 3.44. The van der Waals surface area contributed by atoms with Crippen LogP contribution in [0.4, 0.5) is 0 Å². The van der Waals surface area contributed by atoms with Gasteiger partial charge in [0.2, 0.25) is 0 Å². The molecule has 0 spiro atoms. The van der Waals surface area contributed by atoms with Crippen LogP contribution in [0.25, 0.3) is 0 Å². The van der Waals surface area contributed by atoms with Crippen molar-refractivity contribution in [3.63, 3.8) is 0 Å². The molecule has 4 N–H and O–H groups in total. The molecule has 0 bridgehead atoms. The molecule has 0 saturated heterocycles. The molecule has 10 nitrogen and oxygen atoms in total. The first-order valence-corrected chi connectivity index (χ1v) is 9.61. The van der Waals surface area contributed by atoms with Gasteiger partial charge in [0.1, 0.15) is 11.4 Å². The van der Waals surface area contributed by atoms with Gasteiger partial charge in [-0.25, -0.2) is 9.59 Å². The van der Waals surface area contributed by atoms with E-state index in [1.807, 2.05) is 0 Å². The van der Waals surface area contributed by atoms with E-state index >= 15 is 0 Å². The summed E-state index contributed by atoms with van der Waals surface area (Å²) in [4.78, 5) is 52.2. The van der Waals surface area contributed by atoms with Gasteiger partial charge in [-0.05, 0) is 48.9 Å². The van der Waals surface area contributed by atoms with E-state index in [0.29, 0.717) is 33.6 Å². The van der Waals surface area contributed by atoms with Crippen molar-refractivity contribution in [1.82, 2.24) is 9.97 Å². The van der Waals surface area contributed by atoms with Crippen LogP contribution in [0.15, 0.2) is 0 Å². The van der Waals surface area contributed by atoms with Gasteiger partial charge < -0.3 is 29.7 Å². The average molecular weight is 434 g/mol.